The summed E-state index contributed by atoms with van der Waals surface area (Å²) in [5, 5.41) is 0. The number of anilines is 2. The Kier molecular flexibility index (Phi) is 5.51. The summed E-state index contributed by atoms with van der Waals surface area (Å²) in [7, 11) is 4.14. The van der Waals surface area contributed by atoms with E-state index in [1.165, 1.54) is 6.42 Å². The van der Waals surface area contributed by atoms with Gasteiger partial charge in [0.15, 0.2) is 0 Å². The van der Waals surface area contributed by atoms with Gasteiger partial charge in [-0.25, -0.2) is 5.84 Å². The standard InChI is InChI=1S/C13H25N7O/c1-4-8-21-13-16-11(18-14)15-12(17-13)20(3)10-6-5-7-19(2)9-10/h10H,4-9,14H2,1-3H3,(H,15,16,17,18). The highest BCUT2D eigenvalue weighted by atomic mass is 16.5. The zero-order valence-electron chi connectivity index (χ0n) is 13.0. The molecule has 2 rings (SSSR count). The van der Waals surface area contributed by atoms with Gasteiger partial charge in [-0.2, -0.15) is 15.0 Å². The van der Waals surface area contributed by atoms with E-state index < -0.39 is 0 Å². The zero-order valence-corrected chi connectivity index (χ0v) is 13.0. The number of nitrogen functional groups attached to an aromatic ring is 1. The second kappa shape index (κ2) is 7.37. The number of aromatic nitrogens is 3. The molecule has 0 aromatic carbocycles. The fraction of sp³-hybridized carbons (Fsp3) is 0.769. The average Bonchev–Trinajstić information content (AvgIpc) is 2.51. The first-order valence-corrected chi connectivity index (χ1v) is 7.41. The molecular weight excluding hydrogens is 270 g/mol. The van der Waals surface area contributed by atoms with Gasteiger partial charge in [0.25, 0.3) is 0 Å². The Morgan fingerprint density at radius 1 is 1.43 bits per heavy atom. The Labute approximate surface area is 125 Å². The Morgan fingerprint density at radius 3 is 2.90 bits per heavy atom. The van der Waals surface area contributed by atoms with Crippen molar-refractivity contribution in [2.75, 3.05) is 44.1 Å². The number of piperidine rings is 1. The molecule has 1 aliphatic rings. The maximum Gasteiger partial charge on any atom is 0.323 e. The minimum atomic E-state index is 0.311. The van der Waals surface area contributed by atoms with Gasteiger partial charge in [-0.05, 0) is 32.9 Å². The van der Waals surface area contributed by atoms with E-state index in [-0.39, 0.29) is 0 Å². The van der Waals surface area contributed by atoms with Gasteiger partial charge in [0.05, 0.1) is 6.61 Å². The van der Waals surface area contributed by atoms with E-state index >= 15 is 0 Å². The van der Waals surface area contributed by atoms with Crippen LogP contribution in [0, 0.1) is 0 Å². The molecule has 3 N–H and O–H groups in total. The van der Waals surface area contributed by atoms with E-state index in [4.69, 9.17) is 10.6 Å². The number of likely N-dealkylation sites (tertiary alicyclic amines) is 1. The summed E-state index contributed by atoms with van der Waals surface area (Å²) in [6, 6.07) is 0.696. The lowest BCUT2D eigenvalue weighted by atomic mass is 10.1. The predicted octanol–water partition coefficient (Wildman–Crippen LogP) is 0.476. The van der Waals surface area contributed by atoms with E-state index in [0.29, 0.717) is 30.6 Å². The van der Waals surface area contributed by atoms with Crippen molar-refractivity contribution in [3.05, 3.63) is 0 Å². The number of nitrogens with two attached hydrogens (primary N) is 1. The van der Waals surface area contributed by atoms with Crippen LogP contribution in [0.15, 0.2) is 0 Å². The van der Waals surface area contributed by atoms with Crippen molar-refractivity contribution in [1.82, 2.24) is 19.9 Å². The average molecular weight is 295 g/mol. The summed E-state index contributed by atoms with van der Waals surface area (Å²) in [5.74, 6) is 6.34. The van der Waals surface area contributed by atoms with Crippen LogP contribution in [0.5, 0.6) is 6.01 Å². The monoisotopic (exact) mass is 295 g/mol. The van der Waals surface area contributed by atoms with Crippen LogP contribution in [-0.2, 0) is 0 Å². The Hall–Kier alpha value is -1.67. The number of hydrazine groups is 1. The van der Waals surface area contributed by atoms with Gasteiger partial charge in [0.1, 0.15) is 0 Å². The lowest BCUT2D eigenvalue weighted by molar-refractivity contribution is 0.246. The fourth-order valence-corrected chi connectivity index (χ4v) is 2.44. The van der Waals surface area contributed by atoms with E-state index in [2.05, 4.69) is 37.2 Å². The van der Waals surface area contributed by atoms with Crippen LogP contribution < -0.4 is 20.9 Å². The van der Waals surface area contributed by atoms with Gasteiger partial charge in [0, 0.05) is 19.6 Å². The SMILES string of the molecule is CCCOc1nc(NN)nc(N(C)C2CCCN(C)C2)n1. The first-order chi connectivity index (χ1) is 10.1. The van der Waals surface area contributed by atoms with Gasteiger partial charge in [0.2, 0.25) is 11.9 Å². The zero-order chi connectivity index (χ0) is 15.2. The highest BCUT2D eigenvalue weighted by molar-refractivity contribution is 5.38. The molecule has 0 saturated carbocycles. The molecule has 1 unspecified atom stereocenters. The molecule has 8 nitrogen and oxygen atoms in total. The van der Waals surface area contributed by atoms with Crippen LogP contribution in [0.25, 0.3) is 0 Å². The number of hydrogen-bond acceptors (Lipinski definition) is 8. The van der Waals surface area contributed by atoms with Gasteiger partial charge >= 0.3 is 6.01 Å². The van der Waals surface area contributed by atoms with Crippen LogP contribution >= 0.6 is 0 Å². The minimum absolute atomic E-state index is 0.311. The van der Waals surface area contributed by atoms with Crippen LogP contribution in [-0.4, -0.2) is 59.7 Å². The van der Waals surface area contributed by atoms with E-state index in [1.807, 2.05) is 14.0 Å². The molecule has 118 valence electrons. The van der Waals surface area contributed by atoms with Crippen LogP contribution in [0.3, 0.4) is 0 Å². The number of nitrogens with one attached hydrogen (secondary N) is 1. The number of nitrogens with zero attached hydrogens (tertiary/aromatic N) is 5. The predicted molar refractivity (Wildman–Crippen MR) is 82.3 cm³/mol. The molecule has 1 atom stereocenters. The quantitative estimate of drug-likeness (QED) is 0.578. The Balaban J connectivity index is 2.16. The van der Waals surface area contributed by atoms with Crippen LogP contribution in [0.4, 0.5) is 11.9 Å². The van der Waals surface area contributed by atoms with E-state index in [0.717, 1.165) is 25.9 Å². The minimum Gasteiger partial charge on any atom is -0.463 e. The molecular formula is C13H25N7O. The largest absolute Gasteiger partial charge is 0.463 e. The lowest BCUT2D eigenvalue weighted by Gasteiger charge is -2.35. The van der Waals surface area contributed by atoms with Crippen molar-refractivity contribution in [3.8, 4) is 6.01 Å². The fourth-order valence-electron chi connectivity index (χ4n) is 2.44. The maximum absolute atomic E-state index is 5.50. The molecule has 8 heteroatoms. The van der Waals surface area contributed by atoms with Crippen LogP contribution in [0.1, 0.15) is 26.2 Å². The molecule has 1 aromatic rings. The third kappa shape index (κ3) is 4.15. The normalized spacial score (nSPS) is 19.3. The summed E-state index contributed by atoms with van der Waals surface area (Å²) in [6.07, 6.45) is 3.20. The highest BCUT2D eigenvalue weighted by Crippen LogP contribution is 2.20. The molecule has 0 aliphatic carbocycles. The molecule has 0 amide bonds. The van der Waals surface area contributed by atoms with Crippen LogP contribution in [0.2, 0.25) is 0 Å². The number of hydrogen-bond donors (Lipinski definition) is 2. The smallest absolute Gasteiger partial charge is 0.323 e. The van der Waals surface area contributed by atoms with Gasteiger partial charge in [-0.1, -0.05) is 6.92 Å². The third-order valence-corrected chi connectivity index (χ3v) is 3.63. The Morgan fingerprint density at radius 2 is 2.24 bits per heavy atom. The van der Waals surface area contributed by atoms with Crippen molar-refractivity contribution in [1.29, 1.82) is 0 Å². The third-order valence-electron chi connectivity index (χ3n) is 3.63. The highest BCUT2D eigenvalue weighted by Gasteiger charge is 2.23. The molecule has 0 bridgehead atoms. The summed E-state index contributed by atoms with van der Waals surface area (Å²) in [6.45, 7) is 4.75. The van der Waals surface area contributed by atoms with Crippen molar-refractivity contribution in [2.24, 2.45) is 5.84 Å². The number of rotatable bonds is 6. The first-order valence-electron chi connectivity index (χ1n) is 7.41. The number of likely N-dealkylation sites (N-methyl/N-ethyl adjacent to an activating group) is 2. The van der Waals surface area contributed by atoms with E-state index in [1.54, 1.807) is 0 Å². The molecule has 0 spiro atoms. The first kappa shape index (κ1) is 15.7. The maximum atomic E-state index is 5.50. The summed E-state index contributed by atoms with van der Waals surface area (Å²) < 4.78 is 5.50. The molecule has 1 aliphatic heterocycles. The molecule has 21 heavy (non-hydrogen) atoms. The Bertz CT molecular complexity index is 456. The van der Waals surface area contributed by atoms with Gasteiger partial charge < -0.3 is 14.5 Å². The summed E-state index contributed by atoms with van der Waals surface area (Å²) in [5.41, 5.74) is 2.47. The van der Waals surface area contributed by atoms with E-state index in [9.17, 15) is 0 Å². The summed E-state index contributed by atoms with van der Waals surface area (Å²) in [4.78, 5) is 17.2. The number of ether oxygens (including phenoxy) is 1. The molecule has 1 fully saturated rings. The van der Waals surface area contributed by atoms with Crippen molar-refractivity contribution < 1.29 is 4.74 Å². The van der Waals surface area contributed by atoms with Gasteiger partial charge in [-0.15, -0.1) is 0 Å². The van der Waals surface area contributed by atoms with Gasteiger partial charge in [-0.3, -0.25) is 5.43 Å². The second-order valence-corrected chi connectivity index (χ2v) is 5.40. The second-order valence-electron chi connectivity index (χ2n) is 5.40. The molecule has 0 radical (unpaired) electrons. The molecule has 2 heterocycles. The van der Waals surface area contributed by atoms with Crippen molar-refractivity contribution in [2.45, 2.75) is 32.2 Å². The lowest BCUT2D eigenvalue weighted by Crippen LogP contribution is -2.45. The molecule has 1 aromatic heterocycles. The van der Waals surface area contributed by atoms with Crippen molar-refractivity contribution >= 4 is 11.9 Å². The molecule has 1 saturated heterocycles. The topological polar surface area (TPSA) is 92.4 Å². The van der Waals surface area contributed by atoms with Crippen molar-refractivity contribution in [3.63, 3.8) is 0 Å². The summed E-state index contributed by atoms with van der Waals surface area (Å²) >= 11 is 0.